The zero-order valence-electron chi connectivity index (χ0n) is 5.55. The molecule has 3 N–H and O–H groups in total. The third-order valence-electron chi connectivity index (χ3n) is 1.09. The van der Waals surface area contributed by atoms with Crippen molar-refractivity contribution in [3.8, 4) is 0 Å². The highest BCUT2D eigenvalue weighted by Gasteiger charge is 2.03. The summed E-state index contributed by atoms with van der Waals surface area (Å²) in [6.45, 7) is 0. The van der Waals surface area contributed by atoms with Crippen LogP contribution in [0.25, 0.3) is 0 Å². The van der Waals surface area contributed by atoms with Gasteiger partial charge in [-0.05, 0) is 17.7 Å². The van der Waals surface area contributed by atoms with E-state index in [1.54, 1.807) is 11.8 Å². The highest BCUT2D eigenvalue weighted by molar-refractivity contribution is 7.98. The Morgan fingerprint density at radius 1 is 1.80 bits per heavy atom. The van der Waals surface area contributed by atoms with Crippen molar-refractivity contribution in [1.29, 1.82) is 5.41 Å². The molecular formula is C6H8N2S2. The Labute approximate surface area is 68.0 Å². The van der Waals surface area contributed by atoms with Gasteiger partial charge in [-0.15, -0.1) is 23.1 Å². The minimum atomic E-state index is 0.166. The second-order valence-electron chi connectivity index (χ2n) is 1.73. The number of amidine groups is 1. The molecule has 0 aromatic carbocycles. The van der Waals surface area contributed by atoms with E-state index in [1.165, 1.54) is 11.3 Å². The van der Waals surface area contributed by atoms with Crippen LogP contribution in [0.4, 0.5) is 0 Å². The van der Waals surface area contributed by atoms with Crippen molar-refractivity contribution >= 4 is 28.9 Å². The van der Waals surface area contributed by atoms with Gasteiger partial charge in [-0.3, -0.25) is 5.41 Å². The lowest BCUT2D eigenvalue weighted by molar-refractivity contribution is 1.41. The molecule has 0 saturated carbocycles. The first-order valence-corrected chi connectivity index (χ1v) is 4.82. The topological polar surface area (TPSA) is 49.9 Å². The quantitative estimate of drug-likeness (QED) is 0.405. The molecule has 0 unspecified atom stereocenters. The van der Waals surface area contributed by atoms with Gasteiger partial charge in [0.05, 0.1) is 4.88 Å². The van der Waals surface area contributed by atoms with Crippen molar-refractivity contribution in [2.45, 2.75) is 4.90 Å². The van der Waals surface area contributed by atoms with Crippen molar-refractivity contribution in [3.63, 3.8) is 0 Å². The van der Waals surface area contributed by atoms with Gasteiger partial charge in [0.1, 0.15) is 5.84 Å². The van der Waals surface area contributed by atoms with Gasteiger partial charge in [0.15, 0.2) is 0 Å². The van der Waals surface area contributed by atoms with Gasteiger partial charge >= 0.3 is 0 Å². The summed E-state index contributed by atoms with van der Waals surface area (Å²) in [4.78, 5) is 1.98. The molecule has 10 heavy (non-hydrogen) atoms. The van der Waals surface area contributed by atoms with Crippen molar-refractivity contribution in [3.05, 3.63) is 16.3 Å². The Morgan fingerprint density at radius 2 is 2.50 bits per heavy atom. The number of thioether (sulfide) groups is 1. The molecule has 0 aliphatic heterocycles. The molecule has 0 bridgehead atoms. The Kier molecular flexibility index (Phi) is 2.34. The second kappa shape index (κ2) is 3.07. The lowest BCUT2D eigenvalue weighted by Gasteiger charge is -1.94. The summed E-state index contributed by atoms with van der Waals surface area (Å²) < 4.78 is 0. The van der Waals surface area contributed by atoms with E-state index in [-0.39, 0.29) is 5.84 Å². The highest BCUT2D eigenvalue weighted by Crippen LogP contribution is 2.24. The third kappa shape index (κ3) is 1.33. The van der Waals surface area contributed by atoms with Gasteiger partial charge in [-0.2, -0.15) is 0 Å². The molecule has 0 saturated heterocycles. The van der Waals surface area contributed by atoms with Crippen LogP contribution in [0.2, 0.25) is 0 Å². The molecule has 0 radical (unpaired) electrons. The molecule has 1 heterocycles. The molecule has 1 aromatic rings. The van der Waals surface area contributed by atoms with Crippen molar-refractivity contribution in [1.82, 2.24) is 0 Å². The highest BCUT2D eigenvalue weighted by atomic mass is 32.2. The molecule has 54 valence electrons. The van der Waals surface area contributed by atoms with Crippen LogP contribution in [0.1, 0.15) is 4.88 Å². The van der Waals surface area contributed by atoms with Gasteiger partial charge < -0.3 is 5.73 Å². The molecule has 2 nitrogen and oxygen atoms in total. The first-order chi connectivity index (χ1) is 4.75. The molecular weight excluding hydrogens is 164 g/mol. The Balaban J connectivity index is 3.01. The predicted molar refractivity (Wildman–Crippen MR) is 47.1 cm³/mol. The van der Waals surface area contributed by atoms with E-state index in [0.717, 1.165) is 9.77 Å². The fourth-order valence-electron chi connectivity index (χ4n) is 0.655. The molecule has 0 fully saturated rings. The molecule has 0 aliphatic carbocycles. The van der Waals surface area contributed by atoms with Gasteiger partial charge in [0.2, 0.25) is 0 Å². The average molecular weight is 172 g/mol. The number of hydrogen-bond acceptors (Lipinski definition) is 3. The first kappa shape index (κ1) is 7.63. The molecule has 0 spiro atoms. The molecule has 1 aromatic heterocycles. The van der Waals surface area contributed by atoms with Gasteiger partial charge in [-0.1, -0.05) is 0 Å². The minimum Gasteiger partial charge on any atom is -0.383 e. The summed E-state index contributed by atoms with van der Waals surface area (Å²) in [7, 11) is 0. The standard InChI is InChI=1S/C6H8N2S2/c1-9-4-2-3-10-5(4)6(7)8/h2-3H,1H3,(H3,7,8). The lowest BCUT2D eigenvalue weighted by Crippen LogP contribution is -2.09. The largest absolute Gasteiger partial charge is 0.383 e. The van der Waals surface area contributed by atoms with E-state index >= 15 is 0 Å². The fourth-order valence-corrected chi connectivity index (χ4v) is 2.29. The molecule has 0 aliphatic rings. The predicted octanol–water partition coefficient (Wildman–Crippen LogP) is 1.75. The smallest absolute Gasteiger partial charge is 0.134 e. The lowest BCUT2D eigenvalue weighted by atomic mass is 10.4. The van der Waals surface area contributed by atoms with Crippen molar-refractivity contribution in [2.24, 2.45) is 5.73 Å². The summed E-state index contributed by atoms with van der Waals surface area (Å²) in [5, 5.41) is 9.12. The average Bonchev–Trinajstić information content (AvgIpc) is 2.33. The number of rotatable bonds is 2. The van der Waals surface area contributed by atoms with E-state index in [9.17, 15) is 0 Å². The third-order valence-corrected chi connectivity index (χ3v) is 2.95. The Bertz CT molecular complexity index is 242. The zero-order valence-corrected chi connectivity index (χ0v) is 7.18. The van der Waals surface area contributed by atoms with Crippen LogP contribution < -0.4 is 5.73 Å². The van der Waals surface area contributed by atoms with Crippen LogP contribution in [0.3, 0.4) is 0 Å². The van der Waals surface area contributed by atoms with E-state index in [2.05, 4.69) is 0 Å². The van der Waals surface area contributed by atoms with Crippen molar-refractivity contribution in [2.75, 3.05) is 6.26 Å². The van der Waals surface area contributed by atoms with Gasteiger partial charge in [0.25, 0.3) is 0 Å². The maximum atomic E-state index is 7.17. The van der Waals surface area contributed by atoms with Crippen LogP contribution in [0.15, 0.2) is 16.3 Å². The van der Waals surface area contributed by atoms with Crippen LogP contribution in [-0.2, 0) is 0 Å². The first-order valence-electron chi connectivity index (χ1n) is 2.71. The molecule has 1 rings (SSSR count). The minimum absolute atomic E-state index is 0.166. The summed E-state index contributed by atoms with van der Waals surface area (Å²) in [6, 6.07) is 1.98. The summed E-state index contributed by atoms with van der Waals surface area (Å²) in [6.07, 6.45) is 1.98. The van der Waals surface area contributed by atoms with Crippen molar-refractivity contribution < 1.29 is 0 Å². The summed E-state index contributed by atoms with van der Waals surface area (Å²) in [5.41, 5.74) is 5.31. The number of nitrogen functional groups attached to an aromatic ring is 1. The van der Waals surface area contributed by atoms with Crippen LogP contribution in [0.5, 0.6) is 0 Å². The zero-order chi connectivity index (χ0) is 7.56. The van der Waals surface area contributed by atoms with Crippen LogP contribution in [0, 0.1) is 5.41 Å². The van der Waals surface area contributed by atoms with Gasteiger partial charge in [-0.25, -0.2) is 0 Å². The van der Waals surface area contributed by atoms with Gasteiger partial charge in [0, 0.05) is 4.90 Å². The number of hydrogen-bond donors (Lipinski definition) is 2. The number of thiophene rings is 1. The maximum absolute atomic E-state index is 7.17. The summed E-state index contributed by atoms with van der Waals surface area (Å²) in [5.74, 6) is 0.166. The second-order valence-corrected chi connectivity index (χ2v) is 3.50. The van der Waals surface area contributed by atoms with E-state index in [0.29, 0.717) is 0 Å². The Morgan fingerprint density at radius 3 is 2.90 bits per heavy atom. The SMILES string of the molecule is CSc1ccsc1C(=N)N. The number of nitrogens with one attached hydrogen (secondary N) is 1. The maximum Gasteiger partial charge on any atom is 0.134 e. The Hall–Kier alpha value is -0.480. The van der Waals surface area contributed by atoms with E-state index in [4.69, 9.17) is 11.1 Å². The molecule has 4 heteroatoms. The monoisotopic (exact) mass is 172 g/mol. The van der Waals surface area contributed by atoms with Crippen LogP contribution in [-0.4, -0.2) is 12.1 Å². The molecule has 0 amide bonds. The van der Waals surface area contributed by atoms with E-state index in [1.807, 2.05) is 17.7 Å². The van der Waals surface area contributed by atoms with Crippen LogP contribution >= 0.6 is 23.1 Å². The number of nitrogens with two attached hydrogens (primary N) is 1. The van der Waals surface area contributed by atoms with E-state index < -0.39 is 0 Å². The fraction of sp³-hybridized carbons (Fsp3) is 0.167. The molecule has 0 atom stereocenters. The normalized spacial score (nSPS) is 9.70. The summed E-state index contributed by atoms with van der Waals surface area (Å²) >= 11 is 3.13.